The quantitative estimate of drug-likeness (QED) is 0.675. The number of para-hydroxylation sites is 1. The summed E-state index contributed by atoms with van der Waals surface area (Å²) in [6.45, 7) is 2.60. The molecule has 0 radical (unpaired) electrons. The Morgan fingerprint density at radius 2 is 1.76 bits per heavy atom. The van der Waals surface area contributed by atoms with Crippen LogP contribution in [-0.2, 0) is 17.8 Å². The summed E-state index contributed by atoms with van der Waals surface area (Å²) in [5, 5.41) is 17.5. The van der Waals surface area contributed by atoms with Gasteiger partial charge in [0.05, 0.1) is 18.7 Å². The van der Waals surface area contributed by atoms with E-state index in [1.807, 2.05) is 59.3 Å². The van der Waals surface area contributed by atoms with Gasteiger partial charge in [0.25, 0.3) is 0 Å². The van der Waals surface area contributed by atoms with Crippen LogP contribution >= 0.6 is 0 Å². The van der Waals surface area contributed by atoms with E-state index in [4.69, 9.17) is 0 Å². The molecule has 29 heavy (non-hydrogen) atoms. The average Bonchev–Trinajstić information content (AvgIpc) is 3.19. The SMILES string of the molecule is O=C(Cc1ccccc1)Nc1ccnn1C1CCN(Cc2ccccc2O)CC1. The third-order valence-electron chi connectivity index (χ3n) is 5.43. The van der Waals surface area contributed by atoms with Crippen molar-refractivity contribution < 1.29 is 9.90 Å². The predicted octanol–water partition coefficient (Wildman–Crippen LogP) is 3.61. The topological polar surface area (TPSA) is 70.4 Å². The molecule has 3 aromatic rings. The van der Waals surface area contributed by atoms with Crippen LogP contribution in [0.3, 0.4) is 0 Å². The van der Waals surface area contributed by atoms with Crippen molar-refractivity contribution in [1.29, 1.82) is 0 Å². The van der Waals surface area contributed by atoms with Gasteiger partial charge in [-0.1, -0.05) is 48.5 Å². The fourth-order valence-electron chi connectivity index (χ4n) is 3.88. The minimum absolute atomic E-state index is 0.0325. The Hall–Kier alpha value is -3.12. The van der Waals surface area contributed by atoms with Crippen molar-refractivity contribution >= 4 is 11.7 Å². The largest absolute Gasteiger partial charge is 0.508 e. The molecule has 1 saturated heterocycles. The van der Waals surface area contributed by atoms with Crippen molar-refractivity contribution in [2.45, 2.75) is 31.8 Å². The predicted molar refractivity (Wildman–Crippen MR) is 113 cm³/mol. The number of phenols is 1. The van der Waals surface area contributed by atoms with E-state index >= 15 is 0 Å². The van der Waals surface area contributed by atoms with Crippen molar-refractivity contribution in [1.82, 2.24) is 14.7 Å². The first-order valence-electron chi connectivity index (χ1n) is 10.1. The monoisotopic (exact) mass is 390 g/mol. The van der Waals surface area contributed by atoms with Crippen LogP contribution in [0, 0.1) is 0 Å². The van der Waals surface area contributed by atoms with Crippen molar-refractivity contribution in [3.63, 3.8) is 0 Å². The van der Waals surface area contributed by atoms with Crippen LogP contribution < -0.4 is 5.32 Å². The van der Waals surface area contributed by atoms with E-state index in [1.165, 1.54) is 0 Å². The molecule has 2 N–H and O–H groups in total. The number of carbonyl (C=O) groups excluding carboxylic acids is 1. The number of rotatable bonds is 6. The zero-order valence-corrected chi connectivity index (χ0v) is 16.4. The summed E-state index contributed by atoms with van der Waals surface area (Å²) >= 11 is 0. The lowest BCUT2D eigenvalue weighted by Gasteiger charge is -2.32. The summed E-state index contributed by atoms with van der Waals surface area (Å²) < 4.78 is 1.94. The Morgan fingerprint density at radius 1 is 1.03 bits per heavy atom. The van der Waals surface area contributed by atoms with Gasteiger partial charge in [0.2, 0.25) is 5.91 Å². The summed E-state index contributed by atoms with van der Waals surface area (Å²) in [6, 6.07) is 19.4. The zero-order valence-electron chi connectivity index (χ0n) is 16.4. The molecule has 0 spiro atoms. The third kappa shape index (κ3) is 4.84. The van der Waals surface area contributed by atoms with Crippen LogP contribution in [0.1, 0.15) is 30.0 Å². The molecule has 2 heterocycles. The van der Waals surface area contributed by atoms with E-state index in [0.29, 0.717) is 12.2 Å². The maximum atomic E-state index is 12.4. The van der Waals surface area contributed by atoms with Gasteiger partial charge in [0, 0.05) is 31.3 Å². The molecule has 0 atom stereocenters. The molecule has 1 aliphatic rings. The number of aromatic nitrogens is 2. The highest BCUT2D eigenvalue weighted by Crippen LogP contribution is 2.27. The summed E-state index contributed by atoms with van der Waals surface area (Å²) in [4.78, 5) is 14.8. The maximum absolute atomic E-state index is 12.4. The van der Waals surface area contributed by atoms with Crippen LogP contribution in [0.2, 0.25) is 0 Å². The minimum Gasteiger partial charge on any atom is -0.508 e. The molecule has 2 aromatic carbocycles. The maximum Gasteiger partial charge on any atom is 0.229 e. The van der Waals surface area contributed by atoms with E-state index in [1.54, 1.807) is 12.3 Å². The van der Waals surface area contributed by atoms with Crippen molar-refractivity contribution in [2.24, 2.45) is 0 Å². The van der Waals surface area contributed by atoms with Crippen LogP contribution in [0.15, 0.2) is 66.9 Å². The summed E-state index contributed by atoms with van der Waals surface area (Å²) in [6.07, 6.45) is 4.01. The van der Waals surface area contributed by atoms with Gasteiger partial charge >= 0.3 is 0 Å². The summed E-state index contributed by atoms with van der Waals surface area (Å²) in [5.74, 6) is 1.07. The number of anilines is 1. The second-order valence-corrected chi connectivity index (χ2v) is 7.51. The molecular formula is C23H26N4O2. The highest BCUT2D eigenvalue weighted by molar-refractivity contribution is 5.91. The first-order chi connectivity index (χ1) is 14.2. The average molecular weight is 390 g/mol. The Kier molecular flexibility index (Phi) is 5.91. The lowest BCUT2D eigenvalue weighted by atomic mass is 10.0. The fraction of sp³-hybridized carbons (Fsp3) is 0.304. The number of nitrogens with zero attached hydrogens (tertiary/aromatic N) is 3. The Morgan fingerprint density at radius 3 is 2.52 bits per heavy atom. The Balaban J connectivity index is 1.33. The summed E-state index contributed by atoms with van der Waals surface area (Å²) in [7, 11) is 0. The molecule has 0 saturated carbocycles. The Labute approximate surface area is 170 Å². The first kappa shape index (κ1) is 19.2. The molecule has 4 rings (SSSR count). The number of aromatic hydroxyl groups is 1. The molecule has 0 aliphatic carbocycles. The molecule has 150 valence electrons. The van der Waals surface area contributed by atoms with Crippen LogP contribution in [0.5, 0.6) is 5.75 Å². The standard InChI is InChI=1S/C23H26N4O2/c28-21-9-5-4-8-19(21)17-26-14-11-20(12-15-26)27-22(10-13-24-27)25-23(29)16-18-6-2-1-3-7-18/h1-10,13,20,28H,11-12,14-17H2,(H,25,29). The van der Waals surface area contributed by atoms with Gasteiger partial charge in [-0.3, -0.25) is 9.69 Å². The number of likely N-dealkylation sites (tertiary alicyclic amines) is 1. The van der Waals surface area contributed by atoms with Gasteiger partial charge in [0.1, 0.15) is 11.6 Å². The van der Waals surface area contributed by atoms with Gasteiger partial charge in [-0.2, -0.15) is 5.10 Å². The van der Waals surface area contributed by atoms with Gasteiger partial charge in [0.15, 0.2) is 0 Å². The number of phenolic OH excluding ortho intramolecular Hbond substituents is 1. The fourth-order valence-corrected chi connectivity index (χ4v) is 3.88. The number of piperidine rings is 1. The number of carbonyl (C=O) groups is 1. The molecule has 1 aliphatic heterocycles. The number of hydrogen-bond acceptors (Lipinski definition) is 4. The van der Waals surface area contributed by atoms with Crippen molar-refractivity contribution in [3.05, 3.63) is 78.0 Å². The van der Waals surface area contributed by atoms with E-state index in [-0.39, 0.29) is 11.9 Å². The van der Waals surface area contributed by atoms with E-state index in [2.05, 4.69) is 15.3 Å². The highest BCUT2D eigenvalue weighted by Gasteiger charge is 2.23. The van der Waals surface area contributed by atoms with Crippen LogP contribution in [0.25, 0.3) is 0 Å². The second-order valence-electron chi connectivity index (χ2n) is 7.51. The molecule has 0 unspecified atom stereocenters. The molecule has 1 aromatic heterocycles. The number of nitrogens with one attached hydrogen (secondary N) is 1. The molecule has 6 nitrogen and oxygen atoms in total. The van der Waals surface area contributed by atoms with Gasteiger partial charge in [-0.05, 0) is 24.5 Å². The molecule has 6 heteroatoms. The van der Waals surface area contributed by atoms with Crippen LogP contribution in [0.4, 0.5) is 5.82 Å². The van der Waals surface area contributed by atoms with E-state index < -0.39 is 0 Å². The Bertz CT molecular complexity index is 946. The van der Waals surface area contributed by atoms with E-state index in [9.17, 15) is 9.90 Å². The minimum atomic E-state index is -0.0325. The number of amides is 1. The molecule has 1 amide bonds. The third-order valence-corrected chi connectivity index (χ3v) is 5.43. The lowest BCUT2D eigenvalue weighted by molar-refractivity contribution is -0.115. The smallest absolute Gasteiger partial charge is 0.229 e. The summed E-state index contributed by atoms with van der Waals surface area (Å²) in [5.41, 5.74) is 1.95. The number of benzene rings is 2. The molecule has 1 fully saturated rings. The number of hydrogen-bond donors (Lipinski definition) is 2. The molecule has 0 bridgehead atoms. The van der Waals surface area contributed by atoms with Crippen LogP contribution in [-0.4, -0.2) is 38.8 Å². The zero-order chi connectivity index (χ0) is 20.1. The highest BCUT2D eigenvalue weighted by atomic mass is 16.3. The van der Waals surface area contributed by atoms with Crippen molar-refractivity contribution in [2.75, 3.05) is 18.4 Å². The first-order valence-corrected chi connectivity index (χ1v) is 10.1. The second kappa shape index (κ2) is 8.92. The van der Waals surface area contributed by atoms with Gasteiger partial charge < -0.3 is 10.4 Å². The lowest BCUT2D eigenvalue weighted by Crippen LogP contribution is -2.35. The normalized spacial score (nSPS) is 15.3. The van der Waals surface area contributed by atoms with Gasteiger partial charge in [-0.15, -0.1) is 0 Å². The van der Waals surface area contributed by atoms with Crippen molar-refractivity contribution in [3.8, 4) is 5.75 Å². The molecular weight excluding hydrogens is 364 g/mol. The van der Waals surface area contributed by atoms with E-state index in [0.717, 1.165) is 49.4 Å². The van der Waals surface area contributed by atoms with Gasteiger partial charge in [-0.25, -0.2) is 4.68 Å².